The molecule has 0 spiro atoms. The second-order valence-corrected chi connectivity index (χ2v) is 9.07. The summed E-state index contributed by atoms with van der Waals surface area (Å²) in [5.74, 6) is 0.682. The second kappa shape index (κ2) is 9.21. The number of anilines is 1. The summed E-state index contributed by atoms with van der Waals surface area (Å²) in [4.78, 5) is 4.61. The molecule has 8 heteroatoms. The molecule has 3 aromatic carbocycles. The maximum Gasteiger partial charge on any atom is 0.203 e. The Kier molecular flexibility index (Phi) is 5.62. The van der Waals surface area contributed by atoms with Gasteiger partial charge in [-0.25, -0.2) is 9.67 Å². The predicted octanol–water partition coefficient (Wildman–Crippen LogP) is 7.51. The molecule has 0 radical (unpaired) electrons. The third-order valence-corrected chi connectivity index (χ3v) is 6.43. The number of benzene rings is 3. The molecule has 0 aliphatic heterocycles. The molecule has 0 aliphatic rings. The number of halogens is 1. The third-order valence-electron chi connectivity index (χ3n) is 5.43. The summed E-state index contributed by atoms with van der Waals surface area (Å²) in [7, 11) is 0. The lowest BCUT2D eigenvalue weighted by Crippen LogP contribution is -1.93. The first kappa shape index (κ1) is 21.3. The van der Waals surface area contributed by atoms with Crippen LogP contribution in [0.2, 0.25) is 5.02 Å². The minimum absolute atomic E-state index is 0.682. The van der Waals surface area contributed by atoms with Gasteiger partial charge in [-0.1, -0.05) is 60.1 Å². The normalized spacial score (nSPS) is 11.5. The summed E-state index contributed by atoms with van der Waals surface area (Å²) in [6, 6.07) is 27.5. The Morgan fingerprint density at radius 2 is 1.77 bits per heavy atom. The van der Waals surface area contributed by atoms with E-state index in [4.69, 9.17) is 21.1 Å². The summed E-state index contributed by atoms with van der Waals surface area (Å²) in [6.07, 6.45) is 3.67. The standard InChI is InChI=1S/C27H18ClN5OS/c28-21-12-10-18(11-13-21)23-17-35-27(30-23)31-29-15-20-16-33(22-7-2-1-3-8-22)32-26(20)25-14-19-6-4-5-9-24(19)34-25/h1-17H,(H,30,31)/b29-15+. The number of nitrogens with zero attached hydrogens (tertiary/aromatic N) is 4. The third kappa shape index (κ3) is 4.47. The Balaban J connectivity index is 1.30. The van der Waals surface area contributed by atoms with Gasteiger partial charge in [0.1, 0.15) is 11.3 Å². The summed E-state index contributed by atoms with van der Waals surface area (Å²) < 4.78 is 7.92. The van der Waals surface area contributed by atoms with Crippen molar-refractivity contribution in [1.29, 1.82) is 0 Å². The molecule has 6 aromatic rings. The van der Waals surface area contributed by atoms with Gasteiger partial charge >= 0.3 is 0 Å². The van der Waals surface area contributed by atoms with Crippen LogP contribution in [0.5, 0.6) is 0 Å². The smallest absolute Gasteiger partial charge is 0.203 e. The van der Waals surface area contributed by atoms with E-state index in [1.807, 2.05) is 101 Å². The lowest BCUT2D eigenvalue weighted by atomic mass is 10.2. The van der Waals surface area contributed by atoms with Gasteiger partial charge in [0.05, 0.1) is 17.6 Å². The Hall–Kier alpha value is -4.20. The molecule has 0 aliphatic carbocycles. The zero-order valence-electron chi connectivity index (χ0n) is 18.3. The van der Waals surface area contributed by atoms with Crippen molar-refractivity contribution in [3.63, 3.8) is 0 Å². The van der Waals surface area contributed by atoms with Crippen molar-refractivity contribution in [2.45, 2.75) is 0 Å². The van der Waals surface area contributed by atoms with Crippen molar-refractivity contribution in [3.05, 3.63) is 107 Å². The molecule has 3 heterocycles. The first-order valence-electron chi connectivity index (χ1n) is 10.9. The summed E-state index contributed by atoms with van der Waals surface area (Å²) >= 11 is 7.47. The molecule has 35 heavy (non-hydrogen) atoms. The van der Waals surface area contributed by atoms with Gasteiger partial charge in [-0.15, -0.1) is 11.3 Å². The van der Waals surface area contributed by atoms with Crippen LogP contribution < -0.4 is 5.43 Å². The molecule has 0 bridgehead atoms. The number of fused-ring (bicyclic) bond motifs is 1. The number of furan rings is 1. The quantitative estimate of drug-likeness (QED) is 0.192. The fourth-order valence-corrected chi connectivity index (χ4v) is 4.51. The molecule has 0 amide bonds. The highest BCUT2D eigenvalue weighted by molar-refractivity contribution is 7.14. The molecule has 1 N–H and O–H groups in total. The van der Waals surface area contributed by atoms with Crippen LogP contribution in [-0.4, -0.2) is 21.0 Å². The average Bonchev–Trinajstić information content (AvgIpc) is 3.63. The van der Waals surface area contributed by atoms with Crippen molar-refractivity contribution in [1.82, 2.24) is 14.8 Å². The van der Waals surface area contributed by atoms with E-state index in [2.05, 4.69) is 15.5 Å². The van der Waals surface area contributed by atoms with Crippen molar-refractivity contribution in [2.75, 3.05) is 5.43 Å². The molecular formula is C27H18ClN5OS. The van der Waals surface area contributed by atoms with Gasteiger partial charge in [0.15, 0.2) is 5.76 Å². The topological polar surface area (TPSA) is 68.2 Å². The molecule has 0 fully saturated rings. The minimum Gasteiger partial charge on any atom is -0.454 e. The lowest BCUT2D eigenvalue weighted by Gasteiger charge is -1.98. The first-order valence-corrected chi connectivity index (χ1v) is 12.1. The van der Waals surface area contributed by atoms with E-state index in [0.717, 1.165) is 33.5 Å². The van der Waals surface area contributed by atoms with Crippen LogP contribution in [0.25, 0.3) is 39.4 Å². The van der Waals surface area contributed by atoms with Crippen LogP contribution >= 0.6 is 22.9 Å². The van der Waals surface area contributed by atoms with Crippen molar-refractivity contribution < 1.29 is 4.42 Å². The highest BCUT2D eigenvalue weighted by Crippen LogP contribution is 2.30. The predicted molar refractivity (Wildman–Crippen MR) is 143 cm³/mol. The highest BCUT2D eigenvalue weighted by Gasteiger charge is 2.15. The lowest BCUT2D eigenvalue weighted by molar-refractivity contribution is 0.627. The number of aromatic nitrogens is 3. The van der Waals surface area contributed by atoms with Crippen LogP contribution in [-0.2, 0) is 0 Å². The molecule has 6 rings (SSSR count). The monoisotopic (exact) mass is 495 g/mol. The highest BCUT2D eigenvalue weighted by atomic mass is 35.5. The summed E-state index contributed by atoms with van der Waals surface area (Å²) in [6.45, 7) is 0. The van der Waals surface area contributed by atoms with Crippen LogP contribution in [0.4, 0.5) is 5.13 Å². The van der Waals surface area contributed by atoms with E-state index in [-0.39, 0.29) is 0 Å². The van der Waals surface area contributed by atoms with Crippen molar-refractivity contribution >= 4 is 45.3 Å². The van der Waals surface area contributed by atoms with Gasteiger partial charge in [-0.3, -0.25) is 5.43 Å². The maximum atomic E-state index is 6.09. The largest absolute Gasteiger partial charge is 0.454 e. The fraction of sp³-hybridized carbons (Fsp3) is 0. The van der Waals surface area contributed by atoms with Crippen LogP contribution in [0, 0.1) is 0 Å². The Bertz CT molecular complexity index is 1600. The molecule has 170 valence electrons. The number of rotatable bonds is 6. The Labute approximate surface area is 210 Å². The van der Waals surface area contributed by atoms with Gasteiger partial charge in [0, 0.05) is 33.1 Å². The van der Waals surface area contributed by atoms with Crippen LogP contribution in [0.3, 0.4) is 0 Å². The number of hydrogen-bond acceptors (Lipinski definition) is 6. The fourth-order valence-electron chi connectivity index (χ4n) is 3.72. The van der Waals surface area contributed by atoms with E-state index < -0.39 is 0 Å². The van der Waals surface area contributed by atoms with Gasteiger partial charge in [0.2, 0.25) is 5.13 Å². The van der Waals surface area contributed by atoms with Crippen molar-refractivity contribution in [3.8, 4) is 28.4 Å². The molecule has 0 unspecified atom stereocenters. The zero-order chi connectivity index (χ0) is 23.6. The number of para-hydroxylation sites is 2. The van der Waals surface area contributed by atoms with Crippen molar-refractivity contribution in [2.24, 2.45) is 5.10 Å². The van der Waals surface area contributed by atoms with E-state index >= 15 is 0 Å². The Morgan fingerprint density at radius 3 is 2.60 bits per heavy atom. The SMILES string of the molecule is Clc1ccc(-c2csc(N/N=C/c3cn(-c4ccccc4)nc3-c3cc4ccccc4o3)n2)cc1. The van der Waals surface area contributed by atoms with Gasteiger partial charge in [0.25, 0.3) is 0 Å². The van der Waals surface area contributed by atoms with Gasteiger partial charge in [-0.05, 0) is 36.4 Å². The zero-order valence-corrected chi connectivity index (χ0v) is 19.9. The Morgan fingerprint density at radius 1 is 0.971 bits per heavy atom. The van der Waals surface area contributed by atoms with E-state index in [9.17, 15) is 0 Å². The van der Waals surface area contributed by atoms with Gasteiger partial charge in [-0.2, -0.15) is 10.2 Å². The van der Waals surface area contributed by atoms with Gasteiger partial charge < -0.3 is 4.42 Å². The maximum absolute atomic E-state index is 6.09. The number of nitrogens with one attached hydrogen (secondary N) is 1. The second-order valence-electron chi connectivity index (χ2n) is 7.78. The molecule has 0 saturated heterocycles. The van der Waals surface area contributed by atoms with E-state index in [1.54, 1.807) is 6.21 Å². The van der Waals surface area contributed by atoms with E-state index in [1.165, 1.54) is 11.3 Å². The van der Waals surface area contributed by atoms with Crippen LogP contribution in [0.15, 0.2) is 106 Å². The number of hydrogen-bond donors (Lipinski definition) is 1. The molecule has 6 nitrogen and oxygen atoms in total. The van der Waals surface area contributed by atoms with E-state index in [0.29, 0.717) is 21.6 Å². The summed E-state index contributed by atoms with van der Waals surface area (Å²) in [5.41, 5.74) is 8.18. The molecule has 0 atom stereocenters. The van der Waals surface area contributed by atoms with Crippen LogP contribution in [0.1, 0.15) is 5.56 Å². The minimum atomic E-state index is 0.682. The summed E-state index contributed by atoms with van der Waals surface area (Å²) in [5, 5.41) is 13.6. The average molecular weight is 496 g/mol. The molecule has 3 aromatic heterocycles. The number of thiazole rings is 1. The first-order chi connectivity index (χ1) is 17.2. The molecular weight excluding hydrogens is 478 g/mol. The molecule has 0 saturated carbocycles. The number of hydrazone groups is 1.